The molecule has 21 heavy (non-hydrogen) atoms. The molecule has 0 heterocycles. The van der Waals surface area contributed by atoms with Crippen molar-refractivity contribution in [2.75, 3.05) is 0 Å². The van der Waals surface area contributed by atoms with E-state index in [2.05, 4.69) is 11.6 Å². The molecule has 2 N–H and O–H groups in total. The van der Waals surface area contributed by atoms with Crippen molar-refractivity contribution in [3.8, 4) is 0 Å². The normalized spacial score (nSPS) is 23.2. The molecule has 2 rings (SSSR count). The molecule has 1 aromatic carbocycles. The summed E-state index contributed by atoms with van der Waals surface area (Å²) < 4.78 is 27.6. The van der Waals surface area contributed by atoms with Crippen LogP contribution in [0.1, 0.15) is 44.6 Å². The lowest BCUT2D eigenvalue weighted by Crippen LogP contribution is -2.37. The Bertz CT molecular complexity index is 581. The first-order chi connectivity index (χ1) is 9.96. The Hall–Kier alpha value is -0.620. The largest absolute Gasteiger partial charge is 0.392 e. The van der Waals surface area contributed by atoms with Crippen LogP contribution in [0.4, 0.5) is 0 Å². The predicted octanol–water partition coefficient (Wildman–Crippen LogP) is 3.08. The lowest BCUT2D eigenvalue weighted by atomic mass is 9.85. The minimum atomic E-state index is -3.55. The number of hydrogen-bond donors (Lipinski definition) is 2. The van der Waals surface area contributed by atoms with E-state index in [1.807, 2.05) is 0 Å². The van der Waals surface area contributed by atoms with Gasteiger partial charge in [0.25, 0.3) is 0 Å². The van der Waals surface area contributed by atoms with Crippen molar-refractivity contribution in [3.05, 3.63) is 28.8 Å². The first kappa shape index (κ1) is 16.7. The summed E-state index contributed by atoms with van der Waals surface area (Å²) in [5.41, 5.74) is 0.425. The number of halogens is 1. The maximum absolute atomic E-state index is 12.4. The van der Waals surface area contributed by atoms with Crippen LogP contribution in [0.15, 0.2) is 23.1 Å². The van der Waals surface area contributed by atoms with E-state index in [-0.39, 0.29) is 17.5 Å². The molecule has 0 spiro atoms. The topological polar surface area (TPSA) is 66.4 Å². The standard InChI is InChI=1S/C15H22ClNO3S/c1-2-11-3-5-13(6-4-11)17-21(19,20)14-7-8-15(16)12(9-14)10-18/h7-9,11,13,17-18H,2-6,10H2,1H3. The fourth-order valence-corrected chi connectivity index (χ4v) is 4.35. The third kappa shape index (κ3) is 4.19. The van der Waals surface area contributed by atoms with Gasteiger partial charge >= 0.3 is 0 Å². The Labute approximate surface area is 131 Å². The quantitative estimate of drug-likeness (QED) is 0.871. The first-order valence-corrected chi connectivity index (χ1v) is 9.24. The van der Waals surface area contributed by atoms with E-state index < -0.39 is 10.0 Å². The van der Waals surface area contributed by atoms with Crippen LogP contribution in [0.5, 0.6) is 0 Å². The average molecular weight is 332 g/mol. The van der Waals surface area contributed by atoms with E-state index in [4.69, 9.17) is 11.6 Å². The monoisotopic (exact) mass is 331 g/mol. The second-order valence-corrected chi connectivity index (χ2v) is 7.78. The number of rotatable bonds is 5. The first-order valence-electron chi connectivity index (χ1n) is 7.38. The fourth-order valence-electron chi connectivity index (χ4n) is 2.82. The second kappa shape index (κ2) is 7.09. The lowest BCUT2D eigenvalue weighted by molar-refractivity contribution is 0.281. The molecule has 0 aromatic heterocycles. The summed E-state index contributed by atoms with van der Waals surface area (Å²) in [6.07, 6.45) is 5.09. The van der Waals surface area contributed by atoms with E-state index in [1.54, 1.807) is 0 Å². The Balaban J connectivity index is 2.08. The molecule has 1 saturated carbocycles. The maximum atomic E-state index is 12.4. The Kier molecular flexibility index (Phi) is 5.66. The summed E-state index contributed by atoms with van der Waals surface area (Å²) in [5.74, 6) is 0.724. The van der Waals surface area contributed by atoms with Gasteiger partial charge in [-0.1, -0.05) is 24.9 Å². The molecule has 0 unspecified atom stereocenters. The van der Waals surface area contributed by atoms with Gasteiger partial charge in [-0.15, -0.1) is 0 Å². The summed E-state index contributed by atoms with van der Waals surface area (Å²) in [6, 6.07) is 4.42. The van der Waals surface area contributed by atoms with Gasteiger partial charge in [0, 0.05) is 11.1 Å². The van der Waals surface area contributed by atoms with Gasteiger partial charge in [0.1, 0.15) is 0 Å². The highest BCUT2D eigenvalue weighted by Crippen LogP contribution is 2.28. The minimum absolute atomic E-state index is 0.00561. The molecule has 1 aliphatic rings. The van der Waals surface area contributed by atoms with Gasteiger partial charge in [0.2, 0.25) is 10.0 Å². The molecule has 0 radical (unpaired) electrons. The molecule has 4 nitrogen and oxygen atoms in total. The zero-order valence-corrected chi connectivity index (χ0v) is 13.8. The van der Waals surface area contributed by atoms with Gasteiger partial charge in [-0.2, -0.15) is 0 Å². The van der Waals surface area contributed by atoms with Gasteiger partial charge in [0.15, 0.2) is 0 Å². The zero-order valence-electron chi connectivity index (χ0n) is 12.2. The molecule has 0 atom stereocenters. The molecule has 6 heteroatoms. The molecular weight excluding hydrogens is 310 g/mol. The van der Waals surface area contributed by atoms with Crippen molar-refractivity contribution >= 4 is 21.6 Å². The van der Waals surface area contributed by atoms with Crippen molar-refractivity contribution in [3.63, 3.8) is 0 Å². The van der Waals surface area contributed by atoms with Crippen molar-refractivity contribution < 1.29 is 13.5 Å². The van der Waals surface area contributed by atoms with Crippen molar-refractivity contribution in [2.24, 2.45) is 5.92 Å². The SMILES string of the molecule is CCC1CCC(NS(=O)(=O)c2ccc(Cl)c(CO)c2)CC1. The van der Waals surface area contributed by atoms with E-state index in [0.717, 1.165) is 38.0 Å². The highest BCUT2D eigenvalue weighted by molar-refractivity contribution is 7.89. The molecule has 118 valence electrons. The Morgan fingerprint density at radius 3 is 2.52 bits per heavy atom. The van der Waals surface area contributed by atoms with Gasteiger partial charge in [-0.05, 0) is 55.4 Å². The van der Waals surface area contributed by atoms with Crippen LogP contribution < -0.4 is 4.72 Å². The Morgan fingerprint density at radius 1 is 1.29 bits per heavy atom. The minimum Gasteiger partial charge on any atom is -0.392 e. The molecule has 0 saturated heterocycles. The second-order valence-electron chi connectivity index (χ2n) is 5.66. The number of benzene rings is 1. The predicted molar refractivity (Wildman–Crippen MR) is 83.7 cm³/mol. The fraction of sp³-hybridized carbons (Fsp3) is 0.600. The summed E-state index contributed by atoms with van der Waals surface area (Å²) in [5, 5.41) is 9.56. The van der Waals surface area contributed by atoms with Gasteiger partial charge < -0.3 is 5.11 Å². The molecule has 0 aliphatic heterocycles. The smallest absolute Gasteiger partial charge is 0.240 e. The van der Waals surface area contributed by atoms with E-state index in [1.165, 1.54) is 18.2 Å². The summed E-state index contributed by atoms with van der Waals surface area (Å²) in [7, 11) is -3.55. The van der Waals surface area contributed by atoms with Crippen LogP contribution >= 0.6 is 11.6 Å². The van der Waals surface area contributed by atoms with Crippen molar-refractivity contribution in [2.45, 2.75) is 56.6 Å². The number of aliphatic hydroxyl groups is 1. The van der Waals surface area contributed by atoms with Crippen LogP contribution in [-0.2, 0) is 16.6 Å². The van der Waals surface area contributed by atoms with E-state index in [9.17, 15) is 13.5 Å². The summed E-state index contributed by atoms with van der Waals surface area (Å²) in [4.78, 5) is 0.161. The molecule has 1 fully saturated rings. The zero-order chi connectivity index (χ0) is 15.5. The summed E-state index contributed by atoms with van der Waals surface area (Å²) in [6.45, 7) is 1.91. The molecular formula is C15H22ClNO3S. The maximum Gasteiger partial charge on any atom is 0.240 e. The van der Waals surface area contributed by atoms with Gasteiger partial charge in [-0.3, -0.25) is 0 Å². The van der Waals surface area contributed by atoms with Crippen LogP contribution in [0.2, 0.25) is 5.02 Å². The van der Waals surface area contributed by atoms with E-state index >= 15 is 0 Å². The number of nitrogens with one attached hydrogen (secondary N) is 1. The van der Waals surface area contributed by atoms with Crippen LogP contribution in [0.3, 0.4) is 0 Å². The number of aliphatic hydroxyl groups excluding tert-OH is 1. The third-order valence-electron chi connectivity index (χ3n) is 4.24. The number of sulfonamides is 1. The Morgan fingerprint density at radius 2 is 1.95 bits per heavy atom. The van der Waals surface area contributed by atoms with Gasteiger partial charge in [0.05, 0.1) is 11.5 Å². The van der Waals surface area contributed by atoms with Gasteiger partial charge in [-0.25, -0.2) is 13.1 Å². The highest BCUT2D eigenvalue weighted by atomic mass is 35.5. The lowest BCUT2D eigenvalue weighted by Gasteiger charge is -2.28. The van der Waals surface area contributed by atoms with E-state index in [0.29, 0.717) is 10.6 Å². The summed E-state index contributed by atoms with van der Waals surface area (Å²) >= 11 is 5.90. The number of hydrogen-bond acceptors (Lipinski definition) is 3. The van der Waals surface area contributed by atoms with Crippen LogP contribution in [0, 0.1) is 5.92 Å². The molecule has 1 aliphatic carbocycles. The molecule has 0 amide bonds. The molecule has 1 aromatic rings. The third-order valence-corrected chi connectivity index (χ3v) is 6.13. The van der Waals surface area contributed by atoms with Crippen molar-refractivity contribution in [1.82, 2.24) is 4.72 Å². The van der Waals surface area contributed by atoms with Crippen LogP contribution in [-0.4, -0.2) is 19.6 Å². The van der Waals surface area contributed by atoms with Crippen molar-refractivity contribution in [1.29, 1.82) is 0 Å². The highest BCUT2D eigenvalue weighted by Gasteiger charge is 2.25. The molecule has 0 bridgehead atoms. The van der Waals surface area contributed by atoms with Crippen LogP contribution in [0.25, 0.3) is 0 Å². The average Bonchev–Trinajstić information content (AvgIpc) is 2.48.